The van der Waals surface area contributed by atoms with Crippen LogP contribution < -0.4 is 0 Å². The van der Waals surface area contributed by atoms with Crippen LogP contribution in [0.25, 0.3) is 0 Å². The molecule has 0 saturated carbocycles. The van der Waals surface area contributed by atoms with Gasteiger partial charge >= 0.3 is 10.2 Å². The van der Waals surface area contributed by atoms with E-state index in [0.29, 0.717) is 0 Å². The maximum atomic E-state index is 12.0. The van der Waals surface area contributed by atoms with Crippen LogP contribution in [-0.4, -0.2) is 40.9 Å². The molecule has 0 radical (unpaired) electrons. The number of aliphatic hydroxyl groups is 1. The van der Waals surface area contributed by atoms with E-state index in [4.69, 9.17) is 4.42 Å². The van der Waals surface area contributed by atoms with Crippen molar-refractivity contribution in [3.05, 3.63) is 42.4 Å². The summed E-state index contributed by atoms with van der Waals surface area (Å²) in [4.78, 5) is 3.76. The molecule has 1 N–H and O–H groups in total. The van der Waals surface area contributed by atoms with Crippen LogP contribution in [0.1, 0.15) is 17.6 Å². The van der Waals surface area contributed by atoms with Crippen molar-refractivity contribution < 1.29 is 17.9 Å². The summed E-state index contributed by atoms with van der Waals surface area (Å²) in [6.07, 6.45) is 2.64. The molecule has 0 amide bonds. The molecule has 0 fully saturated rings. The normalized spacial score (nSPS) is 14.0. The van der Waals surface area contributed by atoms with Gasteiger partial charge in [-0.1, -0.05) is 0 Å². The second-order valence-corrected chi connectivity index (χ2v) is 5.84. The Labute approximate surface area is 104 Å². The minimum atomic E-state index is -3.71. The standard InChI is InChI=1S/C10H13N3O4S/c1-12(2)18(15,16)13-7-11-6-8(13)10(14)9-4-3-5-17-9/h3-7,10,14H,1-2H3. The minimum absolute atomic E-state index is 0.124. The highest BCUT2D eigenvalue weighted by atomic mass is 32.2. The Bertz CT molecular complexity index is 615. The van der Waals surface area contributed by atoms with Gasteiger partial charge in [0.2, 0.25) is 0 Å². The largest absolute Gasteiger partial charge is 0.466 e. The van der Waals surface area contributed by atoms with Crippen LogP contribution in [0.2, 0.25) is 0 Å². The topological polar surface area (TPSA) is 88.6 Å². The van der Waals surface area contributed by atoms with Crippen molar-refractivity contribution >= 4 is 10.2 Å². The molecule has 2 rings (SSSR count). The van der Waals surface area contributed by atoms with Crippen molar-refractivity contribution in [2.24, 2.45) is 0 Å². The molecule has 7 nitrogen and oxygen atoms in total. The van der Waals surface area contributed by atoms with Crippen LogP contribution >= 0.6 is 0 Å². The predicted molar refractivity (Wildman–Crippen MR) is 63.0 cm³/mol. The maximum Gasteiger partial charge on any atom is 0.308 e. The van der Waals surface area contributed by atoms with Crippen LogP contribution in [-0.2, 0) is 10.2 Å². The zero-order valence-corrected chi connectivity index (χ0v) is 10.7. The molecule has 0 aliphatic rings. The Hall–Kier alpha value is -1.64. The highest BCUT2D eigenvalue weighted by Gasteiger charge is 2.25. The van der Waals surface area contributed by atoms with Gasteiger partial charge in [-0.2, -0.15) is 12.7 Å². The van der Waals surface area contributed by atoms with Gasteiger partial charge in [-0.05, 0) is 12.1 Å². The molecule has 0 aliphatic heterocycles. The lowest BCUT2D eigenvalue weighted by molar-refractivity contribution is 0.183. The first kappa shape index (κ1) is 12.8. The second kappa shape index (κ2) is 4.56. The Kier molecular flexibility index (Phi) is 3.24. The zero-order valence-electron chi connectivity index (χ0n) is 9.89. The smallest absolute Gasteiger partial charge is 0.308 e. The predicted octanol–water partition coefficient (Wildman–Crippen LogP) is 0.212. The number of furan rings is 1. The molecule has 2 heterocycles. The van der Waals surface area contributed by atoms with Gasteiger partial charge in [0, 0.05) is 14.1 Å². The fourth-order valence-electron chi connectivity index (χ4n) is 1.45. The van der Waals surface area contributed by atoms with Crippen molar-refractivity contribution in [1.29, 1.82) is 0 Å². The van der Waals surface area contributed by atoms with Crippen molar-refractivity contribution in [2.75, 3.05) is 14.1 Å². The molecule has 1 atom stereocenters. The average Bonchev–Trinajstić information content (AvgIpc) is 2.99. The summed E-state index contributed by atoms with van der Waals surface area (Å²) in [6.45, 7) is 0. The van der Waals surface area contributed by atoms with Crippen LogP contribution in [0.4, 0.5) is 0 Å². The lowest BCUT2D eigenvalue weighted by Gasteiger charge is -2.16. The zero-order chi connectivity index (χ0) is 13.3. The summed E-state index contributed by atoms with van der Waals surface area (Å²) in [7, 11) is -0.912. The summed E-state index contributed by atoms with van der Waals surface area (Å²) < 4.78 is 31.0. The van der Waals surface area contributed by atoms with E-state index in [2.05, 4.69) is 4.98 Å². The van der Waals surface area contributed by atoms with Crippen molar-refractivity contribution in [3.63, 3.8) is 0 Å². The summed E-state index contributed by atoms with van der Waals surface area (Å²) in [5.74, 6) is 0.255. The number of hydrogen-bond donors (Lipinski definition) is 1. The van der Waals surface area contributed by atoms with E-state index in [1.165, 1.54) is 26.6 Å². The fraction of sp³-hybridized carbons (Fsp3) is 0.300. The Balaban J connectivity index is 2.46. The quantitative estimate of drug-likeness (QED) is 0.859. The molecule has 0 bridgehead atoms. The van der Waals surface area contributed by atoms with Gasteiger partial charge < -0.3 is 9.52 Å². The molecule has 0 saturated heterocycles. The highest BCUT2D eigenvalue weighted by Crippen LogP contribution is 2.23. The van der Waals surface area contributed by atoms with Gasteiger partial charge in [0.15, 0.2) is 6.10 Å². The summed E-state index contributed by atoms with van der Waals surface area (Å²) in [6, 6.07) is 3.17. The van der Waals surface area contributed by atoms with Crippen molar-refractivity contribution in [1.82, 2.24) is 13.3 Å². The molecule has 2 aromatic rings. The van der Waals surface area contributed by atoms with Gasteiger partial charge in [0.1, 0.15) is 12.1 Å². The monoisotopic (exact) mass is 271 g/mol. The van der Waals surface area contributed by atoms with Crippen LogP contribution in [0.15, 0.2) is 35.3 Å². The van der Waals surface area contributed by atoms with Crippen LogP contribution in [0.5, 0.6) is 0 Å². The average molecular weight is 271 g/mol. The first-order valence-electron chi connectivity index (χ1n) is 5.11. The minimum Gasteiger partial charge on any atom is -0.466 e. The number of aromatic nitrogens is 2. The molecule has 1 unspecified atom stereocenters. The van der Waals surface area contributed by atoms with E-state index in [9.17, 15) is 13.5 Å². The van der Waals surface area contributed by atoms with E-state index in [1.807, 2.05) is 0 Å². The molecule has 0 aliphatic carbocycles. The van der Waals surface area contributed by atoms with Gasteiger partial charge in [-0.3, -0.25) is 0 Å². The number of hydrogen-bond acceptors (Lipinski definition) is 5. The molecular weight excluding hydrogens is 258 g/mol. The highest BCUT2D eigenvalue weighted by molar-refractivity contribution is 7.87. The van der Waals surface area contributed by atoms with E-state index in [0.717, 1.165) is 14.6 Å². The van der Waals surface area contributed by atoms with E-state index < -0.39 is 16.3 Å². The fourth-order valence-corrected chi connectivity index (χ4v) is 2.39. The summed E-state index contributed by atoms with van der Waals surface area (Å²) >= 11 is 0. The summed E-state index contributed by atoms with van der Waals surface area (Å²) in [5.41, 5.74) is 0.124. The van der Waals surface area contributed by atoms with Crippen molar-refractivity contribution in [3.8, 4) is 0 Å². The van der Waals surface area contributed by atoms with Crippen molar-refractivity contribution in [2.45, 2.75) is 6.10 Å². The molecule has 18 heavy (non-hydrogen) atoms. The third-order valence-corrected chi connectivity index (χ3v) is 4.16. The van der Waals surface area contributed by atoms with Gasteiger partial charge in [0.25, 0.3) is 0 Å². The first-order valence-corrected chi connectivity index (χ1v) is 6.51. The Morgan fingerprint density at radius 2 is 2.22 bits per heavy atom. The van der Waals surface area contributed by atoms with Gasteiger partial charge in [-0.15, -0.1) is 0 Å². The van der Waals surface area contributed by atoms with Crippen LogP contribution in [0.3, 0.4) is 0 Å². The third kappa shape index (κ3) is 2.05. The van der Waals surface area contributed by atoms with E-state index in [1.54, 1.807) is 12.1 Å². The lowest BCUT2D eigenvalue weighted by atomic mass is 10.2. The van der Waals surface area contributed by atoms with E-state index >= 15 is 0 Å². The lowest BCUT2D eigenvalue weighted by Crippen LogP contribution is -2.30. The SMILES string of the molecule is CN(C)S(=O)(=O)n1cncc1C(O)c1ccco1. The molecule has 0 spiro atoms. The van der Waals surface area contributed by atoms with Crippen LogP contribution in [0, 0.1) is 0 Å². The molecule has 0 aromatic carbocycles. The molecule has 2 aromatic heterocycles. The molecule has 8 heteroatoms. The first-order chi connectivity index (χ1) is 8.44. The number of nitrogens with zero attached hydrogens (tertiary/aromatic N) is 3. The third-order valence-electron chi connectivity index (χ3n) is 2.44. The Morgan fingerprint density at radius 1 is 1.50 bits per heavy atom. The maximum absolute atomic E-state index is 12.0. The number of rotatable bonds is 4. The van der Waals surface area contributed by atoms with Gasteiger partial charge in [0.05, 0.1) is 18.2 Å². The summed E-state index contributed by atoms with van der Waals surface area (Å²) in [5, 5.41) is 10.1. The number of aliphatic hydroxyl groups excluding tert-OH is 1. The Morgan fingerprint density at radius 3 is 2.78 bits per heavy atom. The second-order valence-electron chi connectivity index (χ2n) is 3.82. The van der Waals surface area contributed by atoms with E-state index in [-0.39, 0.29) is 11.5 Å². The molecular formula is C10H13N3O4S. The molecule has 98 valence electrons. The number of imidazole rings is 1. The van der Waals surface area contributed by atoms with Gasteiger partial charge in [-0.25, -0.2) is 8.96 Å².